The van der Waals surface area contributed by atoms with Gasteiger partial charge in [-0.25, -0.2) is 0 Å². The molecule has 37 heavy (non-hydrogen) atoms. The number of aromatic amines is 2. The number of carbonyl (C=O) groups excluding carboxylic acids is 1. The molecule has 8 nitrogen and oxygen atoms in total. The molecule has 0 radical (unpaired) electrons. The maximum atomic E-state index is 13.7. The lowest BCUT2D eigenvalue weighted by molar-refractivity contribution is -0.116. The van der Waals surface area contributed by atoms with E-state index in [1.54, 1.807) is 30.9 Å². The summed E-state index contributed by atoms with van der Waals surface area (Å²) in [7, 11) is 0. The van der Waals surface area contributed by atoms with Crippen molar-refractivity contribution < 1.29 is 9.18 Å². The lowest BCUT2D eigenvalue weighted by Gasteiger charge is -2.07. The highest BCUT2D eigenvalue weighted by molar-refractivity contribution is 7.13. The lowest BCUT2D eigenvalue weighted by Crippen LogP contribution is -2.11. The van der Waals surface area contributed by atoms with Gasteiger partial charge in [-0.05, 0) is 42.8 Å². The number of H-pyrrole nitrogens is 2. The second-order valence-corrected chi connectivity index (χ2v) is 9.74. The fourth-order valence-corrected chi connectivity index (χ4v) is 5.05. The summed E-state index contributed by atoms with van der Waals surface area (Å²) in [5.74, 6) is -0.0284. The van der Waals surface area contributed by atoms with Crippen LogP contribution in [0.2, 0.25) is 0 Å². The summed E-state index contributed by atoms with van der Waals surface area (Å²) in [6, 6.07) is 10.9. The number of nitrogens with zero attached hydrogens (tertiary/aromatic N) is 4. The van der Waals surface area contributed by atoms with Crippen molar-refractivity contribution in [1.29, 1.82) is 0 Å². The molecule has 6 aromatic heterocycles. The van der Waals surface area contributed by atoms with Crippen LogP contribution in [-0.4, -0.2) is 36.0 Å². The fraction of sp³-hybridized carbons (Fsp3) is 0.148. The van der Waals surface area contributed by atoms with Crippen molar-refractivity contribution in [2.24, 2.45) is 0 Å². The van der Waals surface area contributed by atoms with Crippen LogP contribution in [0.3, 0.4) is 0 Å². The maximum Gasteiger partial charge on any atom is 0.224 e. The van der Waals surface area contributed by atoms with Crippen LogP contribution in [0, 0.1) is 5.13 Å². The summed E-state index contributed by atoms with van der Waals surface area (Å²) in [4.78, 5) is 29.7. The summed E-state index contributed by atoms with van der Waals surface area (Å²) in [5, 5.41) is 12.0. The summed E-state index contributed by atoms with van der Waals surface area (Å²) in [5.41, 5.74) is 6.05. The molecule has 184 valence electrons. The minimum absolute atomic E-state index is 0.0284. The molecule has 10 heteroatoms. The Balaban J connectivity index is 1.37. The van der Waals surface area contributed by atoms with Gasteiger partial charge in [0.2, 0.25) is 5.91 Å². The number of rotatable bonds is 7. The topological polar surface area (TPSA) is 112 Å². The molecule has 0 aliphatic heterocycles. The third-order valence-corrected chi connectivity index (χ3v) is 7.01. The van der Waals surface area contributed by atoms with Crippen LogP contribution in [0.1, 0.15) is 26.2 Å². The van der Waals surface area contributed by atoms with Crippen LogP contribution < -0.4 is 5.32 Å². The zero-order chi connectivity index (χ0) is 25.4. The van der Waals surface area contributed by atoms with E-state index < -0.39 is 0 Å². The molecule has 0 fully saturated rings. The average Bonchev–Trinajstić information content (AvgIpc) is 3.64. The number of nitrogens with one attached hydrogen (secondary N) is 3. The van der Waals surface area contributed by atoms with Gasteiger partial charge in [-0.3, -0.25) is 24.8 Å². The van der Waals surface area contributed by atoms with Gasteiger partial charge in [-0.2, -0.15) is 9.49 Å². The fourth-order valence-electron chi connectivity index (χ4n) is 4.31. The van der Waals surface area contributed by atoms with Crippen LogP contribution in [-0.2, 0) is 4.79 Å². The minimum Gasteiger partial charge on any atom is -0.353 e. The van der Waals surface area contributed by atoms with Crippen LogP contribution in [0.25, 0.3) is 55.0 Å². The Morgan fingerprint density at radius 2 is 1.92 bits per heavy atom. The summed E-state index contributed by atoms with van der Waals surface area (Å²) >= 11 is 1.07. The zero-order valence-electron chi connectivity index (χ0n) is 19.9. The zero-order valence-corrected chi connectivity index (χ0v) is 20.7. The minimum atomic E-state index is -0.248. The number of halogens is 1. The number of unbranched alkanes of at least 4 members (excludes halogenated alkanes) is 1. The number of anilines is 1. The van der Waals surface area contributed by atoms with Gasteiger partial charge in [-0.15, -0.1) is 11.3 Å². The molecule has 0 aromatic carbocycles. The highest BCUT2D eigenvalue weighted by Crippen LogP contribution is 2.35. The Bertz CT molecular complexity index is 1750. The smallest absolute Gasteiger partial charge is 0.224 e. The quantitative estimate of drug-likeness (QED) is 0.225. The molecule has 0 unspecified atom stereocenters. The number of fused-ring (bicyclic) bond motifs is 2. The van der Waals surface area contributed by atoms with Crippen molar-refractivity contribution in [1.82, 2.24) is 30.1 Å². The molecule has 6 aromatic rings. The molecule has 6 rings (SSSR count). The number of carbonyl (C=O) groups is 1. The molecule has 0 atom stereocenters. The van der Waals surface area contributed by atoms with E-state index in [1.807, 2.05) is 24.3 Å². The van der Waals surface area contributed by atoms with E-state index in [-0.39, 0.29) is 11.0 Å². The summed E-state index contributed by atoms with van der Waals surface area (Å²) in [6.07, 6.45) is 9.08. The Hall–Kier alpha value is -4.44. The number of thiophene rings is 1. The molecule has 0 saturated carbocycles. The molecule has 0 saturated heterocycles. The maximum absolute atomic E-state index is 13.7. The first-order valence-electron chi connectivity index (χ1n) is 11.9. The van der Waals surface area contributed by atoms with Gasteiger partial charge in [0.05, 0.1) is 45.6 Å². The highest BCUT2D eigenvalue weighted by atomic mass is 32.1. The van der Waals surface area contributed by atoms with E-state index in [0.717, 1.165) is 73.5 Å². The van der Waals surface area contributed by atoms with Crippen LogP contribution in [0.4, 0.5) is 10.1 Å². The van der Waals surface area contributed by atoms with Crippen LogP contribution in [0.5, 0.6) is 0 Å². The van der Waals surface area contributed by atoms with Crippen molar-refractivity contribution in [3.8, 4) is 33.2 Å². The van der Waals surface area contributed by atoms with Crippen molar-refractivity contribution in [3.05, 3.63) is 66.3 Å². The summed E-state index contributed by atoms with van der Waals surface area (Å²) in [6.45, 7) is 2.05. The number of hydrogen-bond donors (Lipinski definition) is 3. The highest BCUT2D eigenvalue weighted by Gasteiger charge is 2.16. The van der Waals surface area contributed by atoms with Crippen molar-refractivity contribution in [3.63, 3.8) is 0 Å². The molecular weight excluding hydrogens is 489 g/mol. The average molecular weight is 512 g/mol. The molecule has 0 bridgehead atoms. The Morgan fingerprint density at radius 3 is 2.76 bits per heavy atom. The Labute approximate surface area is 215 Å². The normalized spacial score (nSPS) is 11.4. The largest absolute Gasteiger partial charge is 0.353 e. The summed E-state index contributed by atoms with van der Waals surface area (Å²) < 4.78 is 13.7. The van der Waals surface area contributed by atoms with Crippen molar-refractivity contribution >= 4 is 44.7 Å². The van der Waals surface area contributed by atoms with Crippen LogP contribution >= 0.6 is 11.3 Å². The first-order chi connectivity index (χ1) is 18.1. The molecule has 1 amide bonds. The monoisotopic (exact) mass is 511 g/mol. The van der Waals surface area contributed by atoms with Gasteiger partial charge < -0.3 is 10.3 Å². The standard InChI is InChI=1S/C27H22FN7OS/c1-2-3-4-25(36)32-16-9-15(12-29-13-16)20-10-18-22(14-31-20)34-35-26(18)21-11-17-19(33-21)7-8-30-27(17)23-5-6-24(28)37-23/h5-14,33H,2-4H2,1H3,(H,32,36)(H,34,35). The number of aromatic nitrogens is 6. The van der Waals surface area contributed by atoms with Gasteiger partial charge in [0.1, 0.15) is 5.69 Å². The Morgan fingerprint density at radius 1 is 1.03 bits per heavy atom. The second-order valence-electron chi connectivity index (χ2n) is 8.71. The van der Waals surface area contributed by atoms with Crippen LogP contribution in [0.15, 0.2) is 61.2 Å². The van der Waals surface area contributed by atoms with Gasteiger partial charge in [0.25, 0.3) is 0 Å². The van der Waals surface area contributed by atoms with Gasteiger partial charge in [0, 0.05) is 40.7 Å². The van der Waals surface area contributed by atoms with E-state index in [4.69, 9.17) is 0 Å². The van der Waals surface area contributed by atoms with E-state index in [0.29, 0.717) is 17.8 Å². The first kappa shape index (κ1) is 23.0. The number of pyridine rings is 3. The second kappa shape index (κ2) is 9.55. The molecular formula is C27H22FN7OS. The van der Waals surface area contributed by atoms with Gasteiger partial charge >= 0.3 is 0 Å². The van der Waals surface area contributed by atoms with E-state index in [9.17, 15) is 9.18 Å². The number of hydrogen-bond acceptors (Lipinski definition) is 6. The molecule has 0 aliphatic carbocycles. The lowest BCUT2D eigenvalue weighted by atomic mass is 10.1. The first-order valence-corrected chi connectivity index (χ1v) is 12.7. The predicted molar refractivity (Wildman–Crippen MR) is 144 cm³/mol. The van der Waals surface area contributed by atoms with E-state index in [2.05, 4.69) is 42.4 Å². The Kier molecular flexibility index (Phi) is 5.93. The molecule has 0 aliphatic rings. The van der Waals surface area contributed by atoms with Crippen molar-refractivity contribution in [2.75, 3.05) is 5.32 Å². The predicted octanol–water partition coefficient (Wildman–Crippen LogP) is 6.56. The SMILES string of the molecule is CCCCC(=O)Nc1cncc(-c2cc3c(-c4cc5c(-c6ccc(F)s6)nccc5[nH]4)n[nH]c3cn2)c1. The molecule has 0 spiro atoms. The van der Waals surface area contributed by atoms with E-state index in [1.165, 1.54) is 6.07 Å². The number of amides is 1. The molecule has 3 N–H and O–H groups in total. The van der Waals surface area contributed by atoms with Crippen molar-refractivity contribution in [2.45, 2.75) is 26.2 Å². The third kappa shape index (κ3) is 4.47. The molecule has 6 heterocycles. The van der Waals surface area contributed by atoms with E-state index >= 15 is 0 Å². The van der Waals surface area contributed by atoms with Gasteiger partial charge in [0.15, 0.2) is 5.13 Å². The van der Waals surface area contributed by atoms with Gasteiger partial charge in [-0.1, -0.05) is 13.3 Å². The third-order valence-electron chi connectivity index (χ3n) is 6.13.